The maximum atomic E-state index is 4.17. The van der Waals surface area contributed by atoms with Gasteiger partial charge in [-0.25, -0.2) is 0 Å². The summed E-state index contributed by atoms with van der Waals surface area (Å²) in [6.45, 7) is 0. The van der Waals surface area contributed by atoms with Crippen LogP contribution >= 0.6 is 0 Å². The molecule has 2 heteroatoms. The molecule has 1 aliphatic heterocycles. The Bertz CT molecular complexity index is 915. The highest BCUT2D eigenvalue weighted by molar-refractivity contribution is 5.71. The van der Waals surface area contributed by atoms with Gasteiger partial charge in [0, 0.05) is 24.0 Å². The summed E-state index contributed by atoms with van der Waals surface area (Å²) in [5.41, 5.74) is 6.58. The molecule has 3 atom stereocenters. The normalized spacial score (nSPS) is 23.6. The van der Waals surface area contributed by atoms with Gasteiger partial charge in [-0.1, -0.05) is 48.6 Å². The molecule has 0 spiro atoms. The van der Waals surface area contributed by atoms with E-state index in [0.29, 0.717) is 17.9 Å². The zero-order chi connectivity index (χ0) is 16.6. The van der Waals surface area contributed by atoms with Gasteiger partial charge in [0.1, 0.15) is 0 Å². The Morgan fingerprint density at radius 2 is 1.72 bits per heavy atom. The van der Waals surface area contributed by atoms with Crippen LogP contribution in [0.15, 0.2) is 85.2 Å². The molecule has 3 aromatic rings. The minimum atomic E-state index is 0.345. The second kappa shape index (κ2) is 5.89. The average molecular weight is 324 g/mol. The van der Waals surface area contributed by atoms with Gasteiger partial charge in [-0.05, 0) is 58.9 Å². The first-order valence-electron chi connectivity index (χ1n) is 8.92. The Balaban J connectivity index is 1.58. The number of anilines is 1. The Hall–Kier alpha value is -2.87. The third-order valence-corrected chi connectivity index (χ3v) is 5.54. The van der Waals surface area contributed by atoms with Crippen LogP contribution in [0.2, 0.25) is 0 Å². The van der Waals surface area contributed by atoms with Crippen LogP contribution in [0.5, 0.6) is 0 Å². The number of nitrogens with zero attached hydrogens (tertiary/aromatic N) is 1. The first kappa shape index (κ1) is 14.5. The fraction of sp³-hybridized carbons (Fsp3) is 0.174. The summed E-state index contributed by atoms with van der Waals surface area (Å²) in [7, 11) is 0. The van der Waals surface area contributed by atoms with Crippen molar-refractivity contribution in [2.24, 2.45) is 5.92 Å². The smallest absolute Gasteiger partial charge is 0.0555 e. The topological polar surface area (TPSA) is 24.9 Å². The van der Waals surface area contributed by atoms with Crippen LogP contribution in [0.3, 0.4) is 0 Å². The molecule has 0 bridgehead atoms. The lowest BCUT2D eigenvalue weighted by atomic mass is 9.76. The van der Waals surface area contributed by atoms with Crippen LogP contribution in [0.4, 0.5) is 5.69 Å². The third-order valence-electron chi connectivity index (χ3n) is 5.54. The lowest BCUT2D eigenvalue weighted by Gasteiger charge is -2.37. The van der Waals surface area contributed by atoms with Crippen LogP contribution in [0, 0.1) is 5.92 Å². The van der Waals surface area contributed by atoms with Gasteiger partial charge in [0.25, 0.3) is 0 Å². The number of rotatable bonds is 2. The molecular formula is C23H20N2. The van der Waals surface area contributed by atoms with Gasteiger partial charge in [-0.15, -0.1) is 0 Å². The van der Waals surface area contributed by atoms with Crippen LogP contribution in [-0.2, 0) is 0 Å². The Labute approximate surface area is 148 Å². The highest BCUT2D eigenvalue weighted by Gasteiger charge is 2.37. The predicted octanol–water partition coefficient (Wildman–Crippen LogP) is 5.58. The molecule has 25 heavy (non-hydrogen) atoms. The van der Waals surface area contributed by atoms with Gasteiger partial charge in [-0.3, -0.25) is 4.98 Å². The van der Waals surface area contributed by atoms with Crippen molar-refractivity contribution in [1.82, 2.24) is 4.98 Å². The number of nitrogens with one attached hydrogen (secondary N) is 1. The maximum Gasteiger partial charge on any atom is 0.0555 e. The maximum absolute atomic E-state index is 4.17. The van der Waals surface area contributed by atoms with Crippen LogP contribution in [0.1, 0.15) is 29.5 Å². The van der Waals surface area contributed by atoms with Crippen molar-refractivity contribution in [1.29, 1.82) is 0 Å². The quantitative estimate of drug-likeness (QED) is 0.623. The van der Waals surface area contributed by atoms with Gasteiger partial charge in [-0.2, -0.15) is 0 Å². The van der Waals surface area contributed by atoms with Crippen LogP contribution < -0.4 is 5.32 Å². The molecule has 0 fully saturated rings. The molecular weight excluding hydrogens is 304 g/mol. The van der Waals surface area contributed by atoms with E-state index in [0.717, 1.165) is 6.42 Å². The lowest BCUT2D eigenvalue weighted by molar-refractivity contribution is 0.425. The van der Waals surface area contributed by atoms with E-state index in [1.807, 2.05) is 12.4 Å². The largest absolute Gasteiger partial charge is 0.378 e. The van der Waals surface area contributed by atoms with Crippen LogP contribution in [-0.4, -0.2) is 4.98 Å². The van der Waals surface area contributed by atoms with Crippen molar-refractivity contribution < 1.29 is 0 Å². The fourth-order valence-electron chi connectivity index (χ4n) is 4.31. The van der Waals surface area contributed by atoms with E-state index in [-0.39, 0.29) is 0 Å². The van der Waals surface area contributed by atoms with Crippen molar-refractivity contribution in [3.05, 3.63) is 96.3 Å². The fourth-order valence-corrected chi connectivity index (χ4v) is 4.31. The van der Waals surface area contributed by atoms with Gasteiger partial charge in [0.05, 0.1) is 6.04 Å². The average Bonchev–Trinajstić information content (AvgIpc) is 3.18. The molecule has 1 N–H and O–H groups in total. The molecule has 0 amide bonds. The monoisotopic (exact) mass is 324 g/mol. The molecule has 122 valence electrons. The number of pyridine rings is 1. The summed E-state index contributed by atoms with van der Waals surface area (Å²) in [6.07, 6.45) is 9.65. The Kier molecular flexibility index (Phi) is 3.41. The summed E-state index contributed by atoms with van der Waals surface area (Å²) >= 11 is 0. The zero-order valence-corrected chi connectivity index (χ0v) is 14.0. The zero-order valence-electron chi connectivity index (χ0n) is 14.0. The molecule has 1 aliphatic carbocycles. The number of benzene rings is 2. The number of hydrogen-bond donors (Lipinski definition) is 1. The molecule has 0 saturated heterocycles. The Morgan fingerprint density at radius 3 is 2.56 bits per heavy atom. The molecule has 2 aliphatic rings. The van der Waals surface area contributed by atoms with E-state index in [2.05, 4.69) is 83.1 Å². The molecule has 2 nitrogen and oxygen atoms in total. The van der Waals surface area contributed by atoms with Crippen LogP contribution in [0.25, 0.3) is 11.1 Å². The minimum Gasteiger partial charge on any atom is -0.378 e. The van der Waals surface area contributed by atoms with E-state index >= 15 is 0 Å². The van der Waals surface area contributed by atoms with Gasteiger partial charge < -0.3 is 5.32 Å². The van der Waals surface area contributed by atoms with Gasteiger partial charge >= 0.3 is 0 Å². The molecule has 2 heterocycles. The molecule has 2 aromatic carbocycles. The minimum absolute atomic E-state index is 0.345. The van der Waals surface area contributed by atoms with Crippen molar-refractivity contribution in [3.63, 3.8) is 0 Å². The number of aromatic nitrogens is 1. The second-order valence-electron chi connectivity index (χ2n) is 6.92. The highest BCUT2D eigenvalue weighted by atomic mass is 15.0. The number of allylic oxidation sites excluding steroid dienone is 2. The summed E-state index contributed by atoms with van der Waals surface area (Å²) < 4.78 is 0. The van der Waals surface area contributed by atoms with Crippen molar-refractivity contribution in [2.45, 2.75) is 18.4 Å². The first-order chi connectivity index (χ1) is 12.4. The van der Waals surface area contributed by atoms with Crippen molar-refractivity contribution >= 4 is 5.69 Å². The summed E-state index contributed by atoms with van der Waals surface area (Å²) in [5.74, 6) is 1.05. The summed E-state index contributed by atoms with van der Waals surface area (Å²) in [6, 6.07) is 22.1. The molecule has 1 aromatic heterocycles. The van der Waals surface area contributed by atoms with Gasteiger partial charge in [0.2, 0.25) is 0 Å². The number of hydrogen-bond acceptors (Lipinski definition) is 2. The SMILES string of the molecule is C1=C[C@@H]2c3cc(-c4ccccc4)ccc3N[C@H](c3ccncc3)[C@@H]2C1. The van der Waals surface area contributed by atoms with E-state index < -0.39 is 0 Å². The second-order valence-corrected chi connectivity index (χ2v) is 6.92. The number of fused-ring (bicyclic) bond motifs is 3. The summed E-state index contributed by atoms with van der Waals surface area (Å²) in [4.78, 5) is 4.17. The summed E-state index contributed by atoms with van der Waals surface area (Å²) in [5, 5.41) is 3.80. The van der Waals surface area contributed by atoms with E-state index in [4.69, 9.17) is 0 Å². The predicted molar refractivity (Wildman–Crippen MR) is 102 cm³/mol. The third kappa shape index (κ3) is 2.45. The van der Waals surface area contributed by atoms with Crippen molar-refractivity contribution in [2.75, 3.05) is 5.32 Å². The van der Waals surface area contributed by atoms with E-state index in [1.165, 1.54) is 27.9 Å². The standard InChI is InChI=1S/C23H20N2/c1-2-5-16(6-3-1)18-9-10-22-21(15-18)19-7-4-8-20(19)23(25-22)17-11-13-24-14-12-17/h1-7,9-15,19-20,23,25H,8H2/t19-,20+,23+/m0/s1. The molecule has 0 unspecified atom stereocenters. The van der Waals surface area contributed by atoms with E-state index in [1.54, 1.807) is 0 Å². The molecule has 0 saturated carbocycles. The highest BCUT2D eigenvalue weighted by Crippen LogP contribution is 2.50. The van der Waals surface area contributed by atoms with Crippen molar-refractivity contribution in [3.8, 4) is 11.1 Å². The lowest BCUT2D eigenvalue weighted by Crippen LogP contribution is -2.29. The van der Waals surface area contributed by atoms with E-state index in [9.17, 15) is 0 Å². The molecule has 0 radical (unpaired) electrons. The first-order valence-corrected chi connectivity index (χ1v) is 8.92. The Morgan fingerprint density at radius 1 is 0.880 bits per heavy atom. The molecule has 5 rings (SSSR count). The van der Waals surface area contributed by atoms with Gasteiger partial charge in [0.15, 0.2) is 0 Å².